The maximum absolute atomic E-state index is 6.36. The Hall–Kier alpha value is -2.29. The molecule has 0 atom stereocenters. The largest absolute Gasteiger partial charge is 0.319 e. The van der Waals surface area contributed by atoms with Crippen LogP contribution in [0.4, 0.5) is 0 Å². The van der Waals surface area contributed by atoms with Crippen LogP contribution in [0.2, 0.25) is 10.0 Å². The lowest BCUT2D eigenvalue weighted by Crippen LogP contribution is -2.02. The number of imidazole rings is 1. The Kier molecular flexibility index (Phi) is 4.01. The van der Waals surface area contributed by atoms with E-state index in [9.17, 15) is 0 Å². The molecule has 118 valence electrons. The number of halogens is 2. The van der Waals surface area contributed by atoms with Crippen molar-refractivity contribution in [3.8, 4) is 11.4 Å². The van der Waals surface area contributed by atoms with Crippen molar-refractivity contribution in [2.24, 2.45) is 0 Å². The highest BCUT2D eigenvalue weighted by Crippen LogP contribution is 2.29. The zero-order valence-corrected chi connectivity index (χ0v) is 14.3. The normalized spacial score (nSPS) is 11.1. The van der Waals surface area contributed by atoms with E-state index in [1.807, 2.05) is 60.7 Å². The van der Waals surface area contributed by atoms with Crippen molar-refractivity contribution in [1.82, 2.24) is 9.55 Å². The van der Waals surface area contributed by atoms with Crippen molar-refractivity contribution < 1.29 is 0 Å². The summed E-state index contributed by atoms with van der Waals surface area (Å²) in [6.07, 6.45) is 0. The van der Waals surface area contributed by atoms with Crippen LogP contribution in [0.25, 0.3) is 22.4 Å². The van der Waals surface area contributed by atoms with Crippen molar-refractivity contribution in [1.29, 1.82) is 0 Å². The summed E-state index contributed by atoms with van der Waals surface area (Å²) in [5.41, 5.74) is 4.04. The molecule has 0 aliphatic rings. The van der Waals surface area contributed by atoms with Crippen molar-refractivity contribution in [3.63, 3.8) is 0 Å². The number of rotatable bonds is 3. The molecule has 3 aromatic carbocycles. The van der Waals surface area contributed by atoms with Gasteiger partial charge in [0, 0.05) is 15.6 Å². The lowest BCUT2D eigenvalue weighted by atomic mass is 10.2. The molecule has 1 aromatic heterocycles. The van der Waals surface area contributed by atoms with Gasteiger partial charge in [0.2, 0.25) is 0 Å². The first-order valence-electron chi connectivity index (χ1n) is 7.67. The van der Waals surface area contributed by atoms with Gasteiger partial charge in [-0.3, -0.25) is 0 Å². The van der Waals surface area contributed by atoms with Gasteiger partial charge in [-0.25, -0.2) is 4.98 Å². The molecular formula is C20H14Cl2N2. The fourth-order valence-corrected chi connectivity index (χ4v) is 3.22. The quantitative estimate of drug-likeness (QED) is 0.438. The maximum atomic E-state index is 6.36. The second kappa shape index (κ2) is 6.31. The molecule has 0 aliphatic carbocycles. The predicted octanol–water partition coefficient (Wildman–Crippen LogP) is 6.06. The highest BCUT2D eigenvalue weighted by atomic mass is 35.5. The third-order valence-corrected chi connectivity index (χ3v) is 4.63. The van der Waals surface area contributed by atoms with Crippen LogP contribution < -0.4 is 0 Å². The van der Waals surface area contributed by atoms with E-state index in [1.165, 1.54) is 0 Å². The Morgan fingerprint density at radius 1 is 0.833 bits per heavy atom. The van der Waals surface area contributed by atoms with Gasteiger partial charge in [0.15, 0.2) is 0 Å². The average molecular weight is 353 g/mol. The molecule has 24 heavy (non-hydrogen) atoms. The SMILES string of the molecule is Clc1ccc2nc(-c3ccccc3)n(Cc3ccccc3Cl)c2c1. The summed E-state index contributed by atoms with van der Waals surface area (Å²) in [6.45, 7) is 0.640. The number of hydrogen-bond acceptors (Lipinski definition) is 1. The van der Waals surface area contributed by atoms with E-state index >= 15 is 0 Å². The molecule has 1 heterocycles. The molecule has 0 fully saturated rings. The van der Waals surface area contributed by atoms with Gasteiger partial charge < -0.3 is 4.57 Å². The molecule has 0 unspecified atom stereocenters. The van der Waals surface area contributed by atoms with Gasteiger partial charge in [-0.05, 0) is 29.8 Å². The van der Waals surface area contributed by atoms with Crippen molar-refractivity contribution >= 4 is 34.2 Å². The topological polar surface area (TPSA) is 17.8 Å². The van der Waals surface area contributed by atoms with Gasteiger partial charge in [-0.15, -0.1) is 0 Å². The number of benzene rings is 3. The lowest BCUT2D eigenvalue weighted by Gasteiger charge is -2.11. The minimum absolute atomic E-state index is 0.640. The zero-order valence-electron chi connectivity index (χ0n) is 12.8. The third-order valence-electron chi connectivity index (χ3n) is 4.03. The van der Waals surface area contributed by atoms with Crippen LogP contribution in [0.5, 0.6) is 0 Å². The lowest BCUT2D eigenvalue weighted by molar-refractivity contribution is 0.834. The molecular weight excluding hydrogens is 339 g/mol. The summed E-state index contributed by atoms with van der Waals surface area (Å²) >= 11 is 12.6. The first kappa shape index (κ1) is 15.3. The molecule has 0 radical (unpaired) electrons. The Morgan fingerprint density at radius 2 is 1.58 bits per heavy atom. The van der Waals surface area contributed by atoms with Crippen LogP contribution in [-0.4, -0.2) is 9.55 Å². The molecule has 0 saturated carbocycles. The molecule has 0 N–H and O–H groups in total. The number of aromatic nitrogens is 2. The first-order valence-corrected chi connectivity index (χ1v) is 8.42. The van der Waals surface area contributed by atoms with E-state index < -0.39 is 0 Å². The Bertz CT molecular complexity index is 1010. The standard InChI is InChI=1S/C20H14Cl2N2/c21-16-10-11-18-19(12-16)24(13-15-8-4-5-9-17(15)22)20(23-18)14-6-2-1-3-7-14/h1-12H,13H2. The Morgan fingerprint density at radius 3 is 2.38 bits per heavy atom. The summed E-state index contributed by atoms with van der Waals surface area (Å²) in [5, 5.41) is 1.45. The van der Waals surface area contributed by atoms with Crippen LogP contribution in [0.1, 0.15) is 5.56 Å². The Labute approximate surface area is 150 Å². The third kappa shape index (κ3) is 2.79. The van der Waals surface area contributed by atoms with E-state index in [4.69, 9.17) is 28.2 Å². The summed E-state index contributed by atoms with van der Waals surface area (Å²) < 4.78 is 2.16. The maximum Gasteiger partial charge on any atom is 0.141 e. The van der Waals surface area contributed by atoms with Crippen LogP contribution >= 0.6 is 23.2 Å². The summed E-state index contributed by atoms with van der Waals surface area (Å²) in [5.74, 6) is 0.910. The van der Waals surface area contributed by atoms with E-state index in [0.29, 0.717) is 11.6 Å². The smallest absolute Gasteiger partial charge is 0.141 e. The van der Waals surface area contributed by atoms with Gasteiger partial charge >= 0.3 is 0 Å². The zero-order chi connectivity index (χ0) is 16.5. The van der Waals surface area contributed by atoms with Crippen LogP contribution in [0, 0.1) is 0 Å². The van der Waals surface area contributed by atoms with E-state index in [1.54, 1.807) is 0 Å². The minimum Gasteiger partial charge on any atom is -0.319 e. The van der Waals surface area contributed by atoms with Crippen LogP contribution in [0.3, 0.4) is 0 Å². The first-order chi connectivity index (χ1) is 11.7. The fraction of sp³-hybridized carbons (Fsp3) is 0.0500. The Balaban J connectivity index is 1.94. The summed E-state index contributed by atoms with van der Waals surface area (Å²) in [6, 6.07) is 23.8. The van der Waals surface area contributed by atoms with Crippen LogP contribution in [0.15, 0.2) is 72.8 Å². The second-order valence-electron chi connectivity index (χ2n) is 5.61. The van der Waals surface area contributed by atoms with Gasteiger partial charge in [0.05, 0.1) is 17.6 Å². The van der Waals surface area contributed by atoms with E-state index in [0.717, 1.165) is 33.0 Å². The van der Waals surface area contributed by atoms with Gasteiger partial charge in [-0.1, -0.05) is 71.7 Å². The summed E-state index contributed by atoms with van der Waals surface area (Å²) in [7, 11) is 0. The van der Waals surface area contributed by atoms with Crippen molar-refractivity contribution in [2.45, 2.75) is 6.54 Å². The fourth-order valence-electron chi connectivity index (χ4n) is 2.86. The molecule has 0 bridgehead atoms. The van der Waals surface area contributed by atoms with Gasteiger partial charge in [0.1, 0.15) is 5.82 Å². The average Bonchev–Trinajstić information content (AvgIpc) is 2.96. The van der Waals surface area contributed by atoms with E-state index in [-0.39, 0.29) is 0 Å². The summed E-state index contributed by atoms with van der Waals surface area (Å²) in [4.78, 5) is 4.81. The monoisotopic (exact) mass is 352 g/mol. The predicted molar refractivity (Wildman–Crippen MR) is 101 cm³/mol. The minimum atomic E-state index is 0.640. The number of fused-ring (bicyclic) bond motifs is 1. The number of nitrogens with zero attached hydrogens (tertiary/aromatic N) is 2. The molecule has 0 aliphatic heterocycles. The second-order valence-corrected chi connectivity index (χ2v) is 6.46. The molecule has 4 rings (SSSR count). The van der Waals surface area contributed by atoms with Crippen LogP contribution in [-0.2, 0) is 6.54 Å². The molecule has 0 saturated heterocycles. The highest BCUT2D eigenvalue weighted by Gasteiger charge is 2.14. The molecule has 0 spiro atoms. The highest BCUT2D eigenvalue weighted by molar-refractivity contribution is 6.31. The van der Waals surface area contributed by atoms with E-state index in [2.05, 4.69) is 16.7 Å². The molecule has 0 amide bonds. The molecule has 4 heteroatoms. The van der Waals surface area contributed by atoms with Crippen molar-refractivity contribution in [2.75, 3.05) is 0 Å². The van der Waals surface area contributed by atoms with Gasteiger partial charge in [0.25, 0.3) is 0 Å². The van der Waals surface area contributed by atoms with Crippen molar-refractivity contribution in [3.05, 3.63) is 88.4 Å². The number of hydrogen-bond donors (Lipinski definition) is 0. The molecule has 4 aromatic rings. The molecule has 2 nitrogen and oxygen atoms in total. The van der Waals surface area contributed by atoms with Gasteiger partial charge in [-0.2, -0.15) is 0 Å².